The van der Waals surface area contributed by atoms with Gasteiger partial charge in [0, 0.05) is 10.6 Å². The van der Waals surface area contributed by atoms with E-state index >= 15 is 0 Å². The van der Waals surface area contributed by atoms with Gasteiger partial charge in [-0.15, -0.1) is 11.8 Å². The molecule has 0 radical (unpaired) electrons. The number of anilines is 1. The van der Waals surface area contributed by atoms with Crippen LogP contribution in [0.25, 0.3) is 0 Å². The molecule has 0 spiro atoms. The Labute approximate surface area is 156 Å². The largest absolute Gasteiger partial charge is 0.452 e. The highest BCUT2D eigenvalue weighted by Gasteiger charge is 2.16. The van der Waals surface area contributed by atoms with Gasteiger partial charge < -0.3 is 10.1 Å². The van der Waals surface area contributed by atoms with Crippen molar-refractivity contribution in [3.63, 3.8) is 0 Å². The van der Waals surface area contributed by atoms with Crippen LogP contribution >= 0.6 is 11.8 Å². The molecule has 0 heterocycles. The first-order valence-corrected chi connectivity index (χ1v) is 10.2. The molecule has 2 aromatic rings. The first kappa shape index (κ1) is 20.0. The molecule has 1 amide bonds. The zero-order valence-electron chi connectivity index (χ0n) is 14.2. The fourth-order valence-electron chi connectivity index (χ4n) is 2.02. The third-order valence-electron chi connectivity index (χ3n) is 3.34. The lowest BCUT2D eigenvalue weighted by Gasteiger charge is -2.08. The zero-order valence-corrected chi connectivity index (χ0v) is 15.8. The lowest BCUT2D eigenvalue weighted by atomic mass is 10.2. The molecule has 9 heteroatoms. The molecule has 26 heavy (non-hydrogen) atoms. The van der Waals surface area contributed by atoms with Crippen molar-refractivity contribution in [1.82, 2.24) is 4.72 Å². The first-order valence-electron chi connectivity index (χ1n) is 7.50. The van der Waals surface area contributed by atoms with Gasteiger partial charge in [-0.3, -0.25) is 4.79 Å². The molecule has 138 valence electrons. The highest BCUT2D eigenvalue weighted by Crippen LogP contribution is 2.19. The predicted octanol–water partition coefficient (Wildman–Crippen LogP) is 2.11. The second-order valence-electron chi connectivity index (χ2n) is 5.09. The molecular formula is C17H18N2O5S2. The molecule has 0 bridgehead atoms. The van der Waals surface area contributed by atoms with Crippen molar-refractivity contribution in [2.24, 2.45) is 0 Å². The minimum Gasteiger partial charge on any atom is -0.452 e. The van der Waals surface area contributed by atoms with Gasteiger partial charge in [0.05, 0.1) is 10.5 Å². The van der Waals surface area contributed by atoms with Gasteiger partial charge in [0.15, 0.2) is 6.61 Å². The van der Waals surface area contributed by atoms with E-state index in [2.05, 4.69) is 10.0 Å². The van der Waals surface area contributed by atoms with Crippen molar-refractivity contribution >= 4 is 39.3 Å². The summed E-state index contributed by atoms with van der Waals surface area (Å²) in [4.78, 5) is 24.9. The standard InChI is InChI=1S/C17H18N2O5S2/c1-18-26(22,23)15-8-3-5-12(9-15)17(21)24-11-16(20)19-13-6-4-7-14(10-13)25-2/h3-10,18H,11H2,1-2H3,(H,19,20). The maximum Gasteiger partial charge on any atom is 0.338 e. The molecule has 2 rings (SSSR count). The van der Waals surface area contributed by atoms with E-state index < -0.39 is 28.5 Å². The minimum atomic E-state index is -3.67. The van der Waals surface area contributed by atoms with Crippen LogP contribution < -0.4 is 10.0 Å². The maximum atomic E-state index is 12.0. The Kier molecular flexibility index (Phi) is 6.78. The number of hydrogen-bond donors (Lipinski definition) is 2. The molecule has 2 aromatic carbocycles. The number of hydrogen-bond acceptors (Lipinski definition) is 6. The van der Waals surface area contributed by atoms with Gasteiger partial charge >= 0.3 is 5.97 Å². The number of nitrogens with one attached hydrogen (secondary N) is 2. The van der Waals surface area contributed by atoms with Crippen molar-refractivity contribution in [3.8, 4) is 0 Å². The number of amides is 1. The Hall–Kier alpha value is -2.36. The normalized spacial score (nSPS) is 11.0. The first-order chi connectivity index (χ1) is 12.4. The Morgan fingerprint density at radius 1 is 1.12 bits per heavy atom. The lowest BCUT2D eigenvalue weighted by Crippen LogP contribution is -2.21. The number of carbonyl (C=O) groups is 2. The van der Waals surface area contributed by atoms with E-state index in [9.17, 15) is 18.0 Å². The highest BCUT2D eigenvalue weighted by atomic mass is 32.2. The monoisotopic (exact) mass is 394 g/mol. The molecule has 0 atom stereocenters. The van der Waals surface area contributed by atoms with Crippen LogP contribution in [0, 0.1) is 0 Å². The number of carbonyl (C=O) groups excluding carboxylic acids is 2. The van der Waals surface area contributed by atoms with E-state index in [1.54, 1.807) is 18.2 Å². The van der Waals surface area contributed by atoms with E-state index in [-0.39, 0.29) is 10.5 Å². The average molecular weight is 394 g/mol. The summed E-state index contributed by atoms with van der Waals surface area (Å²) in [7, 11) is -2.40. The van der Waals surface area contributed by atoms with Gasteiger partial charge in [-0.05, 0) is 49.7 Å². The Morgan fingerprint density at radius 2 is 1.85 bits per heavy atom. The quantitative estimate of drug-likeness (QED) is 0.551. The average Bonchev–Trinajstić information content (AvgIpc) is 2.66. The topological polar surface area (TPSA) is 102 Å². The molecule has 0 saturated carbocycles. The van der Waals surface area contributed by atoms with Crippen LogP contribution in [-0.4, -0.2) is 40.2 Å². The summed E-state index contributed by atoms with van der Waals surface area (Å²) in [5, 5.41) is 2.63. The molecule has 0 aliphatic carbocycles. The van der Waals surface area contributed by atoms with Crippen molar-refractivity contribution in [2.75, 3.05) is 25.2 Å². The van der Waals surface area contributed by atoms with Crippen LogP contribution in [0.2, 0.25) is 0 Å². The summed E-state index contributed by atoms with van der Waals surface area (Å²) in [5.74, 6) is -1.28. The van der Waals surface area contributed by atoms with E-state index in [4.69, 9.17) is 4.74 Å². The lowest BCUT2D eigenvalue weighted by molar-refractivity contribution is -0.119. The van der Waals surface area contributed by atoms with Gasteiger partial charge in [-0.2, -0.15) is 0 Å². The fraction of sp³-hybridized carbons (Fsp3) is 0.176. The Morgan fingerprint density at radius 3 is 2.54 bits per heavy atom. The predicted molar refractivity (Wildman–Crippen MR) is 99.8 cm³/mol. The van der Waals surface area contributed by atoms with Crippen LogP contribution in [0.5, 0.6) is 0 Å². The smallest absolute Gasteiger partial charge is 0.338 e. The summed E-state index contributed by atoms with van der Waals surface area (Å²) < 4.78 is 30.6. The van der Waals surface area contributed by atoms with Crippen LogP contribution in [0.3, 0.4) is 0 Å². The van der Waals surface area contributed by atoms with Gasteiger partial charge in [0.1, 0.15) is 0 Å². The summed E-state index contributed by atoms with van der Waals surface area (Å²) in [6, 6.07) is 12.6. The second-order valence-corrected chi connectivity index (χ2v) is 7.86. The third kappa shape index (κ3) is 5.32. The third-order valence-corrected chi connectivity index (χ3v) is 5.47. The Balaban J connectivity index is 1.98. The van der Waals surface area contributed by atoms with E-state index in [1.165, 1.54) is 43.1 Å². The van der Waals surface area contributed by atoms with Crippen LogP contribution in [0.15, 0.2) is 58.3 Å². The zero-order chi connectivity index (χ0) is 19.2. The van der Waals surface area contributed by atoms with Gasteiger partial charge in [0.25, 0.3) is 5.91 Å². The molecule has 0 aliphatic heterocycles. The fourth-order valence-corrected chi connectivity index (χ4v) is 3.26. The SMILES string of the molecule is CNS(=O)(=O)c1cccc(C(=O)OCC(=O)Nc2cccc(SC)c2)c1. The van der Waals surface area contributed by atoms with Crippen LogP contribution in [0.1, 0.15) is 10.4 Å². The van der Waals surface area contributed by atoms with Gasteiger partial charge in [0.2, 0.25) is 10.0 Å². The molecule has 0 aliphatic rings. The second kappa shape index (κ2) is 8.84. The summed E-state index contributed by atoms with van der Waals surface area (Å²) >= 11 is 1.54. The number of thioether (sulfide) groups is 1. The van der Waals surface area contributed by atoms with Gasteiger partial charge in [-0.25, -0.2) is 17.9 Å². The van der Waals surface area contributed by atoms with Crippen molar-refractivity contribution in [1.29, 1.82) is 0 Å². The molecule has 7 nitrogen and oxygen atoms in total. The summed E-state index contributed by atoms with van der Waals surface area (Å²) in [6.45, 7) is -0.481. The maximum absolute atomic E-state index is 12.0. The minimum absolute atomic E-state index is 0.0403. The van der Waals surface area contributed by atoms with Crippen molar-refractivity contribution in [3.05, 3.63) is 54.1 Å². The summed E-state index contributed by atoms with van der Waals surface area (Å²) in [5.41, 5.74) is 0.638. The molecule has 0 unspecified atom stereocenters. The van der Waals surface area contributed by atoms with Crippen LogP contribution in [0.4, 0.5) is 5.69 Å². The van der Waals surface area contributed by atoms with E-state index in [0.717, 1.165) is 4.90 Å². The van der Waals surface area contributed by atoms with Gasteiger partial charge in [-0.1, -0.05) is 12.1 Å². The molecule has 0 aromatic heterocycles. The number of benzene rings is 2. The molecular weight excluding hydrogens is 376 g/mol. The summed E-state index contributed by atoms with van der Waals surface area (Å²) in [6.07, 6.45) is 1.92. The molecule has 0 fully saturated rings. The van der Waals surface area contributed by atoms with Crippen molar-refractivity contribution in [2.45, 2.75) is 9.79 Å². The van der Waals surface area contributed by atoms with E-state index in [0.29, 0.717) is 5.69 Å². The van der Waals surface area contributed by atoms with Crippen molar-refractivity contribution < 1.29 is 22.7 Å². The highest BCUT2D eigenvalue weighted by molar-refractivity contribution is 7.98. The van der Waals surface area contributed by atoms with E-state index in [1.807, 2.05) is 12.3 Å². The number of rotatable bonds is 7. The number of ether oxygens (including phenoxy) is 1. The number of esters is 1. The van der Waals surface area contributed by atoms with Crippen LogP contribution in [-0.2, 0) is 19.6 Å². The number of sulfonamides is 1. The Bertz CT molecular complexity index is 913. The molecule has 2 N–H and O–H groups in total. The molecule has 0 saturated heterocycles.